The van der Waals surface area contributed by atoms with Crippen molar-refractivity contribution in [3.05, 3.63) is 24.3 Å². The number of aromatic amines is 1. The summed E-state index contributed by atoms with van der Waals surface area (Å²) in [5.41, 5.74) is 6.78. The second kappa shape index (κ2) is 6.57. The summed E-state index contributed by atoms with van der Waals surface area (Å²) in [7, 11) is -2.17. The SMILES string of the molecule is CNS(=O)(=O)c1cccc(N=Nc2c(N3CCCC3)n[nH]c2N)c1. The van der Waals surface area contributed by atoms with Crippen LogP contribution in [0.3, 0.4) is 0 Å². The summed E-state index contributed by atoms with van der Waals surface area (Å²) in [6.07, 6.45) is 2.21. The molecule has 1 saturated heterocycles. The van der Waals surface area contributed by atoms with Crippen LogP contribution >= 0.6 is 0 Å². The maximum Gasteiger partial charge on any atom is 0.240 e. The molecule has 2 aromatic rings. The standard InChI is InChI=1S/C14H19N7O2S/c1-16-24(22,23)11-6-4-5-10(9-11)17-18-12-13(15)19-20-14(12)21-7-2-3-8-21/h4-6,9,16H,2-3,7-8H2,1H3,(H3,15,19,20). The second-order valence-electron chi connectivity index (χ2n) is 5.41. The lowest BCUT2D eigenvalue weighted by Gasteiger charge is -2.13. The first-order valence-electron chi connectivity index (χ1n) is 7.55. The third-order valence-corrected chi connectivity index (χ3v) is 5.23. The Kier molecular flexibility index (Phi) is 4.49. The van der Waals surface area contributed by atoms with Gasteiger partial charge in [0.2, 0.25) is 10.0 Å². The Bertz CT molecular complexity index is 854. The lowest BCUT2D eigenvalue weighted by molar-refractivity contribution is 0.588. The van der Waals surface area contributed by atoms with Crippen LogP contribution in [0.4, 0.5) is 23.0 Å². The minimum absolute atomic E-state index is 0.126. The van der Waals surface area contributed by atoms with Gasteiger partial charge in [0.1, 0.15) is 5.82 Å². The highest BCUT2D eigenvalue weighted by molar-refractivity contribution is 7.89. The molecular weight excluding hydrogens is 330 g/mol. The largest absolute Gasteiger partial charge is 0.382 e. The van der Waals surface area contributed by atoms with E-state index >= 15 is 0 Å². The van der Waals surface area contributed by atoms with E-state index in [4.69, 9.17) is 5.73 Å². The maximum absolute atomic E-state index is 11.8. The molecule has 2 heterocycles. The molecule has 0 amide bonds. The van der Waals surface area contributed by atoms with Gasteiger partial charge >= 0.3 is 0 Å². The van der Waals surface area contributed by atoms with Crippen molar-refractivity contribution in [2.75, 3.05) is 30.8 Å². The molecule has 0 spiro atoms. The fraction of sp³-hybridized carbons (Fsp3) is 0.357. The number of H-pyrrole nitrogens is 1. The monoisotopic (exact) mass is 349 g/mol. The summed E-state index contributed by atoms with van der Waals surface area (Å²) in [6.45, 7) is 1.81. The van der Waals surface area contributed by atoms with Crippen LogP contribution < -0.4 is 15.4 Å². The lowest BCUT2D eigenvalue weighted by Crippen LogP contribution is -2.18. The summed E-state index contributed by atoms with van der Waals surface area (Å²) in [5.74, 6) is 1.01. The van der Waals surface area contributed by atoms with Gasteiger partial charge in [0.15, 0.2) is 11.5 Å². The number of nitrogen functional groups attached to an aromatic ring is 1. The average Bonchev–Trinajstić information content (AvgIpc) is 3.23. The quantitative estimate of drug-likeness (QED) is 0.710. The molecule has 4 N–H and O–H groups in total. The van der Waals surface area contributed by atoms with Crippen LogP contribution in [0.25, 0.3) is 0 Å². The van der Waals surface area contributed by atoms with Crippen molar-refractivity contribution < 1.29 is 8.42 Å². The third kappa shape index (κ3) is 3.24. The van der Waals surface area contributed by atoms with Gasteiger partial charge in [-0.05, 0) is 38.1 Å². The van der Waals surface area contributed by atoms with Gasteiger partial charge in [-0.1, -0.05) is 6.07 Å². The number of hydrogen-bond donors (Lipinski definition) is 3. The average molecular weight is 349 g/mol. The van der Waals surface area contributed by atoms with Gasteiger partial charge in [0.25, 0.3) is 0 Å². The van der Waals surface area contributed by atoms with Gasteiger partial charge in [-0.3, -0.25) is 5.10 Å². The number of azo groups is 1. The van der Waals surface area contributed by atoms with Crippen LogP contribution in [0.5, 0.6) is 0 Å². The summed E-state index contributed by atoms with van der Waals surface area (Å²) < 4.78 is 26.0. The number of nitrogens with two attached hydrogens (primary N) is 1. The van der Waals surface area contributed by atoms with Crippen molar-refractivity contribution in [1.29, 1.82) is 0 Å². The molecule has 0 unspecified atom stereocenters. The van der Waals surface area contributed by atoms with Crippen molar-refractivity contribution in [2.45, 2.75) is 17.7 Å². The van der Waals surface area contributed by atoms with E-state index in [1.165, 1.54) is 19.2 Å². The molecule has 3 rings (SSSR count). The van der Waals surface area contributed by atoms with E-state index in [1.54, 1.807) is 12.1 Å². The highest BCUT2D eigenvalue weighted by atomic mass is 32.2. The predicted octanol–water partition coefficient (Wildman–Crippen LogP) is 1.92. The Morgan fingerprint density at radius 1 is 1.29 bits per heavy atom. The highest BCUT2D eigenvalue weighted by Crippen LogP contribution is 2.35. The van der Waals surface area contributed by atoms with E-state index in [2.05, 4.69) is 30.0 Å². The molecular formula is C14H19N7O2S. The zero-order valence-electron chi connectivity index (χ0n) is 13.2. The van der Waals surface area contributed by atoms with Crippen molar-refractivity contribution in [3.8, 4) is 0 Å². The number of benzene rings is 1. The summed E-state index contributed by atoms with van der Waals surface area (Å²) >= 11 is 0. The molecule has 24 heavy (non-hydrogen) atoms. The van der Waals surface area contributed by atoms with E-state index in [-0.39, 0.29) is 4.90 Å². The van der Waals surface area contributed by atoms with E-state index in [0.29, 0.717) is 23.0 Å². The fourth-order valence-corrected chi connectivity index (χ4v) is 3.30. The highest BCUT2D eigenvalue weighted by Gasteiger charge is 2.20. The van der Waals surface area contributed by atoms with Crippen LogP contribution in [-0.4, -0.2) is 38.8 Å². The summed E-state index contributed by atoms with van der Waals surface area (Å²) in [4.78, 5) is 2.23. The van der Waals surface area contributed by atoms with Gasteiger partial charge in [-0.25, -0.2) is 13.1 Å². The Hall–Kier alpha value is -2.46. The fourth-order valence-electron chi connectivity index (χ4n) is 2.53. The van der Waals surface area contributed by atoms with Crippen LogP contribution in [0.2, 0.25) is 0 Å². The van der Waals surface area contributed by atoms with Crippen LogP contribution in [0.1, 0.15) is 12.8 Å². The molecule has 1 aliphatic heterocycles. The molecule has 0 aliphatic carbocycles. The molecule has 0 saturated carbocycles. The molecule has 1 aromatic heterocycles. The first kappa shape index (κ1) is 16.4. The topological polar surface area (TPSA) is 129 Å². The van der Waals surface area contributed by atoms with Gasteiger partial charge in [0.05, 0.1) is 10.6 Å². The van der Waals surface area contributed by atoms with Crippen molar-refractivity contribution in [3.63, 3.8) is 0 Å². The van der Waals surface area contributed by atoms with Crippen LogP contribution in [-0.2, 0) is 10.0 Å². The molecule has 0 radical (unpaired) electrons. The maximum atomic E-state index is 11.8. The van der Waals surface area contributed by atoms with E-state index < -0.39 is 10.0 Å². The van der Waals surface area contributed by atoms with E-state index in [1.807, 2.05) is 0 Å². The van der Waals surface area contributed by atoms with Crippen LogP contribution in [0, 0.1) is 0 Å². The zero-order chi connectivity index (χ0) is 17.2. The van der Waals surface area contributed by atoms with Gasteiger partial charge < -0.3 is 10.6 Å². The molecule has 1 fully saturated rings. The minimum Gasteiger partial charge on any atom is -0.382 e. The Morgan fingerprint density at radius 2 is 2.04 bits per heavy atom. The number of aromatic nitrogens is 2. The predicted molar refractivity (Wildman–Crippen MR) is 91.3 cm³/mol. The van der Waals surface area contributed by atoms with Gasteiger partial charge in [-0.15, -0.1) is 5.11 Å². The smallest absolute Gasteiger partial charge is 0.240 e. The first-order chi connectivity index (χ1) is 11.5. The number of anilines is 2. The molecule has 128 valence electrons. The Balaban J connectivity index is 1.89. The third-order valence-electron chi connectivity index (χ3n) is 3.82. The van der Waals surface area contributed by atoms with E-state index in [9.17, 15) is 8.42 Å². The number of sulfonamides is 1. The molecule has 1 aliphatic rings. The van der Waals surface area contributed by atoms with Gasteiger partial charge in [-0.2, -0.15) is 10.2 Å². The van der Waals surface area contributed by atoms with Crippen molar-refractivity contribution in [1.82, 2.24) is 14.9 Å². The van der Waals surface area contributed by atoms with Crippen LogP contribution in [0.15, 0.2) is 39.4 Å². The number of nitrogens with one attached hydrogen (secondary N) is 2. The molecule has 9 nitrogen and oxygen atoms in total. The Morgan fingerprint density at radius 3 is 2.75 bits per heavy atom. The second-order valence-corrected chi connectivity index (χ2v) is 7.30. The first-order valence-corrected chi connectivity index (χ1v) is 9.04. The molecule has 1 aromatic carbocycles. The molecule has 0 bridgehead atoms. The number of hydrogen-bond acceptors (Lipinski definition) is 7. The lowest BCUT2D eigenvalue weighted by atomic mass is 10.3. The molecule has 0 atom stereocenters. The molecule has 10 heteroatoms. The normalized spacial score (nSPS) is 15.5. The summed E-state index contributed by atoms with van der Waals surface area (Å²) in [5, 5.41) is 15.2. The zero-order valence-corrected chi connectivity index (χ0v) is 14.0. The van der Waals surface area contributed by atoms with Crippen molar-refractivity contribution >= 4 is 33.0 Å². The minimum atomic E-state index is -3.53. The number of nitrogens with zero attached hydrogens (tertiary/aromatic N) is 4. The van der Waals surface area contributed by atoms with Crippen molar-refractivity contribution in [2.24, 2.45) is 10.2 Å². The number of rotatable bonds is 5. The van der Waals surface area contributed by atoms with Gasteiger partial charge in [0, 0.05) is 13.1 Å². The van der Waals surface area contributed by atoms with E-state index in [0.717, 1.165) is 25.9 Å². The summed E-state index contributed by atoms with van der Waals surface area (Å²) in [6, 6.07) is 6.22. The Labute approximate surface area is 140 Å².